The van der Waals surface area contributed by atoms with Crippen molar-refractivity contribution in [1.29, 1.82) is 0 Å². The van der Waals surface area contributed by atoms with Crippen LogP contribution in [0.5, 0.6) is 0 Å². The van der Waals surface area contributed by atoms with E-state index in [4.69, 9.17) is 9.52 Å². The highest BCUT2D eigenvalue weighted by Crippen LogP contribution is 2.18. The molecule has 0 saturated heterocycles. The zero-order valence-electron chi connectivity index (χ0n) is 10.9. The molecular formula is C14H19NO4. The topological polar surface area (TPSA) is 79.5 Å². The first kappa shape index (κ1) is 13.6. The van der Waals surface area contributed by atoms with Crippen LogP contribution in [-0.4, -0.2) is 23.0 Å². The highest BCUT2D eigenvalue weighted by atomic mass is 16.4. The van der Waals surface area contributed by atoms with E-state index < -0.39 is 5.97 Å². The van der Waals surface area contributed by atoms with Gasteiger partial charge in [-0.05, 0) is 25.0 Å². The maximum Gasteiger partial charge on any atom is 0.311 e. The second-order valence-corrected chi connectivity index (χ2v) is 5.00. The minimum Gasteiger partial charge on any atom is -0.481 e. The highest BCUT2D eigenvalue weighted by Gasteiger charge is 2.18. The predicted molar refractivity (Wildman–Crippen MR) is 69.0 cm³/mol. The van der Waals surface area contributed by atoms with Crippen LogP contribution in [0.2, 0.25) is 0 Å². The van der Waals surface area contributed by atoms with Gasteiger partial charge in [0.05, 0.1) is 0 Å². The summed E-state index contributed by atoms with van der Waals surface area (Å²) in [7, 11) is 0. The third-order valence-electron chi connectivity index (χ3n) is 3.40. The van der Waals surface area contributed by atoms with Gasteiger partial charge in [-0.2, -0.15) is 0 Å². The van der Waals surface area contributed by atoms with Gasteiger partial charge < -0.3 is 14.8 Å². The van der Waals surface area contributed by atoms with E-state index in [2.05, 4.69) is 5.32 Å². The number of amides is 1. The van der Waals surface area contributed by atoms with Gasteiger partial charge in [-0.1, -0.05) is 25.7 Å². The summed E-state index contributed by atoms with van der Waals surface area (Å²) in [4.78, 5) is 22.5. The Kier molecular flexibility index (Phi) is 4.60. The smallest absolute Gasteiger partial charge is 0.311 e. The Morgan fingerprint density at radius 3 is 2.53 bits per heavy atom. The number of carboxylic acids is 1. The lowest BCUT2D eigenvalue weighted by Gasteiger charge is -2.14. The highest BCUT2D eigenvalue weighted by molar-refractivity contribution is 5.91. The van der Waals surface area contributed by atoms with E-state index in [1.54, 1.807) is 0 Å². The molecule has 1 aliphatic carbocycles. The Labute approximate surface area is 112 Å². The Morgan fingerprint density at radius 1 is 1.21 bits per heavy atom. The first-order valence-electron chi connectivity index (χ1n) is 6.76. The van der Waals surface area contributed by atoms with Crippen molar-refractivity contribution in [2.24, 2.45) is 0 Å². The van der Waals surface area contributed by atoms with Crippen molar-refractivity contribution < 1.29 is 19.1 Å². The zero-order chi connectivity index (χ0) is 13.7. The molecule has 104 valence electrons. The van der Waals surface area contributed by atoms with E-state index in [-0.39, 0.29) is 24.1 Å². The van der Waals surface area contributed by atoms with Crippen molar-refractivity contribution in [2.75, 3.05) is 0 Å². The summed E-state index contributed by atoms with van der Waals surface area (Å²) in [6.07, 6.45) is 6.58. The molecule has 19 heavy (non-hydrogen) atoms. The van der Waals surface area contributed by atoms with Crippen molar-refractivity contribution in [3.05, 3.63) is 23.7 Å². The number of nitrogens with one attached hydrogen (secondary N) is 1. The molecule has 1 heterocycles. The SMILES string of the molecule is O=C(O)Cc1ccc(C(=O)NC2CCCCCC2)o1. The molecular weight excluding hydrogens is 246 g/mol. The maximum atomic E-state index is 12.0. The van der Waals surface area contributed by atoms with Crippen LogP contribution in [0.4, 0.5) is 0 Å². The van der Waals surface area contributed by atoms with E-state index in [1.165, 1.54) is 25.0 Å². The van der Waals surface area contributed by atoms with Crippen LogP contribution in [0, 0.1) is 0 Å². The summed E-state index contributed by atoms with van der Waals surface area (Å²) in [5.41, 5.74) is 0. The molecule has 2 rings (SSSR count). The molecule has 5 nitrogen and oxygen atoms in total. The summed E-state index contributed by atoms with van der Waals surface area (Å²) in [5, 5.41) is 11.6. The fraction of sp³-hybridized carbons (Fsp3) is 0.571. The number of carbonyl (C=O) groups excluding carboxylic acids is 1. The number of rotatable bonds is 4. The van der Waals surface area contributed by atoms with Gasteiger partial charge in [-0.25, -0.2) is 0 Å². The van der Waals surface area contributed by atoms with Gasteiger partial charge in [-0.3, -0.25) is 9.59 Å². The predicted octanol–water partition coefficient (Wildman–Crippen LogP) is 2.36. The fourth-order valence-electron chi connectivity index (χ4n) is 2.42. The monoisotopic (exact) mass is 265 g/mol. The van der Waals surface area contributed by atoms with Crippen molar-refractivity contribution >= 4 is 11.9 Å². The first-order chi connectivity index (χ1) is 9.15. The molecule has 1 amide bonds. The molecule has 1 aromatic heterocycles. The standard InChI is InChI=1S/C14H19NO4/c16-13(17)9-11-7-8-12(19-11)14(18)15-10-5-3-1-2-4-6-10/h7-8,10H,1-6,9H2,(H,15,18)(H,16,17). The minimum atomic E-state index is -0.968. The summed E-state index contributed by atoms with van der Waals surface area (Å²) in [6, 6.07) is 3.28. The number of hydrogen-bond acceptors (Lipinski definition) is 3. The van der Waals surface area contributed by atoms with E-state index in [9.17, 15) is 9.59 Å². The number of carboxylic acid groups (broad SMARTS) is 1. The Morgan fingerprint density at radius 2 is 1.89 bits per heavy atom. The molecule has 0 aromatic carbocycles. The molecule has 1 saturated carbocycles. The molecule has 0 aliphatic heterocycles. The Hall–Kier alpha value is -1.78. The van der Waals surface area contributed by atoms with Gasteiger partial charge in [0.15, 0.2) is 5.76 Å². The van der Waals surface area contributed by atoms with Gasteiger partial charge in [0.2, 0.25) is 0 Å². The molecule has 1 aliphatic rings. The number of furan rings is 1. The Balaban J connectivity index is 1.91. The molecule has 5 heteroatoms. The Bertz CT molecular complexity index is 444. The normalized spacial score (nSPS) is 16.8. The lowest BCUT2D eigenvalue weighted by Crippen LogP contribution is -2.34. The summed E-state index contributed by atoms with van der Waals surface area (Å²) < 4.78 is 5.24. The molecule has 0 radical (unpaired) electrons. The molecule has 1 fully saturated rings. The largest absolute Gasteiger partial charge is 0.481 e. The first-order valence-corrected chi connectivity index (χ1v) is 6.76. The van der Waals surface area contributed by atoms with Crippen LogP contribution in [0.3, 0.4) is 0 Å². The van der Waals surface area contributed by atoms with Crippen LogP contribution in [0.15, 0.2) is 16.5 Å². The molecule has 2 N–H and O–H groups in total. The number of aliphatic carboxylic acids is 1. The number of carbonyl (C=O) groups is 2. The quantitative estimate of drug-likeness (QED) is 0.819. The average molecular weight is 265 g/mol. The molecule has 0 bridgehead atoms. The molecule has 0 spiro atoms. The van der Waals surface area contributed by atoms with E-state index in [0.717, 1.165) is 25.7 Å². The van der Waals surface area contributed by atoms with Crippen LogP contribution in [0.1, 0.15) is 54.8 Å². The van der Waals surface area contributed by atoms with Crippen LogP contribution in [-0.2, 0) is 11.2 Å². The lowest BCUT2D eigenvalue weighted by atomic mass is 10.1. The van der Waals surface area contributed by atoms with Gasteiger partial charge in [0, 0.05) is 6.04 Å². The zero-order valence-corrected chi connectivity index (χ0v) is 10.9. The second kappa shape index (κ2) is 6.41. The van der Waals surface area contributed by atoms with Crippen molar-refractivity contribution in [3.8, 4) is 0 Å². The van der Waals surface area contributed by atoms with Crippen LogP contribution in [0.25, 0.3) is 0 Å². The van der Waals surface area contributed by atoms with Gasteiger partial charge in [-0.15, -0.1) is 0 Å². The summed E-state index contributed by atoms with van der Waals surface area (Å²) >= 11 is 0. The van der Waals surface area contributed by atoms with Gasteiger partial charge in [0.25, 0.3) is 5.91 Å². The summed E-state index contributed by atoms with van der Waals surface area (Å²) in [6.45, 7) is 0. The minimum absolute atomic E-state index is 0.195. The molecule has 0 atom stereocenters. The molecule has 1 aromatic rings. The van der Waals surface area contributed by atoms with Crippen LogP contribution >= 0.6 is 0 Å². The van der Waals surface area contributed by atoms with E-state index in [0.29, 0.717) is 5.76 Å². The van der Waals surface area contributed by atoms with Gasteiger partial charge in [0.1, 0.15) is 12.2 Å². The van der Waals surface area contributed by atoms with Crippen molar-refractivity contribution in [3.63, 3.8) is 0 Å². The fourth-order valence-corrected chi connectivity index (χ4v) is 2.42. The lowest BCUT2D eigenvalue weighted by molar-refractivity contribution is -0.136. The second-order valence-electron chi connectivity index (χ2n) is 5.00. The van der Waals surface area contributed by atoms with Crippen molar-refractivity contribution in [2.45, 2.75) is 51.0 Å². The number of hydrogen-bond donors (Lipinski definition) is 2. The van der Waals surface area contributed by atoms with Gasteiger partial charge >= 0.3 is 5.97 Å². The van der Waals surface area contributed by atoms with E-state index >= 15 is 0 Å². The average Bonchev–Trinajstić information content (AvgIpc) is 2.66. The van der Waals surface area contributed by atoms with E-state index in [1.807, 2.05) is 0 Å². The third kappa shape index (κ3) is 4.12. The third-order valence-corrected chi connectivity index (χ3v) is 3.40. The summed E-state index contributed by atoms with van der Waals surface area (Å²) in [5.74, 6) is -0.715. The molecule has 0 unspecified atom stereocenters. The van der Waals surface area contributed by atoms with Crippen molar-refractivity contribution in [1.82, 2.24) is 5.32 Å². The maximum absolute atomic E-state index is 12.0. The van der Waals surface area contributed by atoms with Crippen LogP contribution < -0.4 is 5.32 Å².